The van der Waals surface area contributed by atoms with Crippen molar-refractivity contribution < 1.29 is 4.79 Å². The van der Waals surface area contributed by atoms with E-state index in [9.17, 15) is 4.79 Å². The summed E-state index contributed by atoms with van der Waals surface area (Å²) in [6, 6.07) is 2.09. The second-order valence-electron chi connectivity index (χ2n) is 8.24. The van der Waals surface area contributed by atoms with Crippen molar-refractivity contribution in [3.63, 3.8) is 0 Å². The molecule has 0 bridgehead atoms. The van der Waals surface area contributed by atoms with Crippen LogP contribution in [-0.2, 0) is 4.79 Å². The predicted molar refractivity (Wildman–Crippen MR) is 101 cm³/mol. The van der Waals surface area contributed by atoms with Gasteiger partial charge >= 0.3 is 0 Å². The van der Waals surface area contributed by atoms with Crippen molar-refractivity contribution in [2.75, 3.05) is 49.1 Å². The zero-order valence-electron chi connectivity index (χ0n) is 16.1. The Kier molecular flexibility index (Phi) is 5.16. The minimum absolute atomic E-state index is 0.228. The molecule has 25 heavy (non-hydrogen) atoms. The van der Waals surface area contributed by atoms with E-state index in [-0.39, 0.29) is 11.3 Å². The molecule has 0 spiro atoms. The summed E-state index contributed by atoms with van der Waals surface area (Å²) in [6.07, 6.45) is 3.80. The Morgan fingerprint density at radius 3 is 2.16 bits per heavy atom. The topological polar surface area (TPSA) is 52.6 Å². The Labute approximate surface area is 151 Å². The lowest BCUT2D eigenvalue weighted by atomic mass is 9.94. The molecule has 2 fully saturated rings. The molecule has 2 aliphatic heterocycles. The molecule has 0 saturated carbocycles. The number of aromatic nitrogens is 2. The summed E-state index contributed by atoms with van der Waals surface area (Å²) in [7, 11) is 0. The first kappa shape index (κ1) is 18.0. The lowest BCUT2D eigenvalue weighted by Gasteiger charge is -2.38. The molecular formula is C19H31N5O. The molecule has 0 radical (unpaired) electrons. The van der Waals surface area contributed by atoms with Gasteiger partial charge in [0.15, 0.2) is 0 Å². The Hall–Kier alpha value is -1.85. The molecule has 0 aromatic carbocycles. The van der Waals surface area contributed by atoms with Gasteiger partial charge in [-0.25, -0.2) is 4.98 Å². The second kappa shape index (κ2) is 7.18. The van der Waals surface area contributed by atoms with Crippen LogP contribution in [0.2, 0.25) is 0 Å². The maximum Gasteiger partial charge on any atom is 0.228 e. The van der Waals surface area contributed by atoms with E-state index in [0.717, 1.165) is 56.7 Å². The lowest BCUT2D eigenvalue weighted by Crippen LogP contribution is -2.52. The predicted octanol–water partition coefficient (Wildman–Crippen LogP) is 2.47. The van der Waals surface area contributed by atoms with Crippen molar-refractivity contribution in [2.45, 2.75) is 47.0 Å². The van der Waals surface area contributed by atoms with Gasteiger partial charge in [0.1, 0.15) is 5.82 Å². The molecule has 1 amide bonds. The summed E-state index contributed by atoms with van der Waals surface area (Å²) < 4.78 is 0. The highest BCUT2D eigenvalue weighted by molar-refractivity contribution is 5.81. The van der Waals surface area contributed by atoms with Crippen molar-refractivity contribution in [3.8, 4) is 0 Å². The number of amides is 1. The van der Waals surface area contributed by atoms with E-state index in [4.69, 9.17) is 4.98 Å². The molecule has 1 aromatic rings. The highest BCUT2D eigenvalue weighted by atomic mass is 16.2. The number of piperazine rings is 1. The summed E-state index contributed by atoms with van der Waals surface area (Å²) in [5.74, 6) is 2.09. The Morgan fingerprint density at radius 2 is 1.56 bits per heavy atom. The number of carbonyl (C=O) groups is 1. The van der Waals surface area contributed by atoms with Gasteiger partial charge in [0.05, 0.1) is 0 Å². The van der Waals surface area contributed by atoms with Gasteiger partial charge in [0, 0.05) is 56.4 Å². The fraction of sp³-hybridized carbons (Fsp3) is 0.737. The number of anilines is 2. The smallest absolute Gasteiger partial charge is 0.228 e. The van der Waals surface area contributed by atoms with Crippen LogP contribution in [0, 0.1) is 12.3 Å². The first-order valence-electron chi connectivity index (χ1n) is 9.49. The molecule has 6 heteroatoms. The molecule has 6 nitrogen and oxygen atoms in total. The number of carbonyl (C=O) groups excluding carboxylic acids is 1. The van der Waals surface area contributed by atoms with E-state index < -0.39 is 0 Å². The number of hydrogen-bond acceptors (Lipinski definition) is 5. The molecule has 1 aromatic heterocycles. The van der Waals surface area contributed by atoms with Crippen LogP contribution >= 0.6 is 0 Å². The van der Waals surface area contributed by atoms with Gasteiger partial charge in [-0.1, -0.05) is 20.8 Å². The van der Waals surface area contributed by atoms with Crippen LogP contribution in [0.5, 0.6) is 0 Å². The fourth-order valence-corrected chi connectivity index (χ4v) is 3.55. The normalized spacial score (nSPS) is 19.3. The average molecular weight is 345 g/mol. The third kappa shape index (κ3) is 4.22. The van der Waals surface area contributed by atoms with E-state index >= 15 is 0 Å². The van der Waals surface area contributed by atoms with Crippen molar-refractivity contribution in [1.29, 1.82) is 0 Å². The standard InChI is InChI=1S/C19H31N5O/c1-15-14-16(22-8-6-5-7-9-22)21-18(20-15)24-12-10-23(11-13-24)17(25)19(2,3)4/h14H,5-13H2,1-4H3. The maximum absolute atomic E-state index is 12.4. The Balaban J connectivity index is 1.69. The number of aryl methyl sites for hydroxylation is 1. The van der Waals surface area contributed by atoms with E-state index in [2.05, 4.69) is 20.9 Å². The van der Waals surface area contributed by atoms with Gasteiger partial charge in [-0.3, -0.25) is 4.79 Å². The minimum Gasteiger partial charge on any atom is -0.356 e. The molecule has 0 aliphatic carbocycles. The third-order valence-corrected chi connectivity index (χ3v) is 5.00. The zero-order valence-corrected chi connectivity index (χ0v) is 16.1. The zero-order chi connectivity index (χ0) is 18.0. The Bertz CT molecular complexity index is 611. The van der Waals surface area contributed by atoms with Crippen LogP contribution in [0.3, 0.4) is 0 Å². The van der Waals surface area contributed by atoms with Gasteiger partial charge in [0.25, 0.3) is 0 Å². The highest BCUT2D eigenvalue weighted by Gasteiger charge is 2.30. The van der Waals surface area contributed by atoms with Gasteiger partial charge in [-0.15, -0.1) is 0 Å². The van der Waals surface area contributed by atoms with Crippen molar-refractivity contribution in [3.05, 3.63) is 11.8 Å². The van der Waals surface area contributed by atoms with Crippen molar-refractivity contribution in [2.24, 2.45) is 5.41 Å². The van der Waals surface area contributed by atoms with Crippen LogP contribution in [0.15, 0.2) is 6.07 Å². The molecule has 2 aliphatic rings. The summed E-state index contributed by atoms with van der Waals surface area (Å²) >= 11 is 0. The van der Waals surface area contributed by atoms with Gasteiger partial charge in [0.2, 0.25) is 11.9 Å². The first-order valence-corrected chi connectivity index (χ1v) is 9.49. The van der Waals surface area contributed by atoms with Crippen molar-refractivity contribution in [1.82, 2.24) is 14.9 Å². The quantitative estimate of drug-likeness (QED) is 0.824. The molecule has 3 rings (SSSR count). The van der Waals surface area contributed by atoms with Crippen LogP contribution in [-0.4, -0.2) is 60.0 Å². The summed E-state index contributed by atoms with van der Waals surface area (Å²) in [6.45, 7) is 13.2. The van der Waals surface area contributed by atoms with Crippen LogP contribution in [0.4, 0.5) is 11.8 Å². The molecule has 138 valence electrons. The van der Waals surface area contributed by atoms with Crippen LogP contribution < -0.4 is 9.80 Å². The summed E-state index contributed by atoms with van der Waals surface area (Å²) in [4.78, 5) is 28.5. The van der Waals surface area contributed by atoms with E-state index in [1.807, 2.05) is 32.6 Å². The van der Waals surface area contributed by atoms with E-state index in [1.54, 1.807) is 0 Å². The lowest BCUT2D eigenvalue weighted by molar-refractivity contribution is -0.139. The number of piperidine rings is 1. The molecule has 0 unspecified atom stereocenters. The van der Waals surface area contributed by atoms with E-state index in [0.29, 0.717) is 0 Å². The minimum atomic E-state index is -0.316. The number of nitrogens with zero attached hydrogens (tertiary/aromatic N) is 5. The van der Waals surface area contributed by atoms with E-state index in [1.165, 1.54) is 19.3 Å². The molecule has 0 atom stereocenters. The number of rotatable bonds is 2. The van der Waals surface area contributed by atoms with Crippen LogP contribution in [0.1, 0.15) is 45.7 Å². The molecule has 2 saturated heterocycles. The summed E-state index contributed by atoms with van der Waals surface area (Å²) in [5, 5.41) is 0. The molecule has 0 N–H and O–H groups in total. The van der Waals surface area contributed by atoms with Crippen molar-refractivity contribution >= 4 is 17.7 Å². The summed E-state index contributed by atoms with van der Waals surface area (Å²) in [5.41, 5.74) is 0.697. The van der Waals surface area contributed by atoms with Gasteiger partial charge < -0.3 is 14.7 Å². The maximum atomic E-state index is 12.4. The number of hydrogen-bond donors (Lipinski definition) is 0. The fourth-order valence-electron chi connectivity index (χ4n) is 3.55. The van der Waals surface area contributed by atoms with Crippen LogP contribution in [0.25, 0.3) is 0 Å². The monoisotopic (exact) mass is 345 g/mol. The average Bonchev–Trinajstić information content (AvgIpc) is 2.61. The SMILES string of the molecule is Cc1cc(N2CCCCC2)nc(N2CCN(C(=O)C(C)(C)C)CC2)n1. The van der Waals surface area contributed by atoms with Gasteiger partial charge in [-0.05, 0) is 26.2 Å². The second-order valence-corrected chi connectivity index (χ2v) is 8.24. The molecular weight excluding hydrogens is 314 g/mol. The van der Waals surface area contributed by atoms with Gasteiger partial charge in [-0.2, -0.15) is 4.98 Å². The highest BCUT2D eigenvalue weighted by Crippen LogP contribution is 2.23. The Morgan fingerprint density at radius 1 is 0.920 bits per heavy atom. The third-order valence-electron chi connectivity index (χ3n) is 5.00. The first-order chi connectivity index (χ1) is 11.8. The largest absolute Gasteiger partial charge is 0.356 e. The molecule has 3 heterocycles.